The molecule has 1 heterocycles. The molecule has 8 heteroatoms. The van der Waals surface area contributed by atoms with E-state index in [-0.39, 0.29) is 30.6 Å². The van der Waals surface area contributed by atoms with Gasteiger partial charge in [0.25, 0.3) is 11.5 Å². The van der Waals surface area contributed by atoms with Crippen LogP contribution >= 0.6 is 0 Å². The Morgan fingerprint density at radius 3 is 2.57 bits per heavy atom. The third kappa shape index (κ3) is 5.20. The quantitative estimate of drug-likeness (QED) is 0.668. The normalized spacial score (nSPS) is 11.3. The Morgan fingerprint density at radius 2 is 1.96 bits per heavy atom. The number of nitrogens with one attached hydrogen (secondary N) is 1. The van der Waals surface area contributed by atoms with Crippen molar-refractivity contribution in [1.82, 2.24) is 9.55 Å². The zero-order valence-corrected chi connectivity index (χ0v) is 16.3. The molecule has 1 amide bonds. The summed E-state index contributed by atoms with van der Waals surface area (Å²) in [6.45, 7) is 4.48. The maximum atomic E-state index is 12.8. The summed E-state index contributed by atoms with van der Waals surface area (Å²) >= 11 is 0. The molecule has 0 unspecified atom stereocenters. The first-order valence-corrected chi connectivity index (χ1v) is 9.01. The molecular formula is C20H26N4O4. The number of amides is 1. The van der Waals surface area contributed by atoms with Gasteiger partial charge in [-0.1, -0.05) is 44.2 Å². The van der Waals surface area contributed by atoms with Crippen LogP contribution in [0.3, 0.4) is 0 Å². The smallest absolute Gasteiger partial charge is 0.330 e. The molecule has 0 fully saturated rings. The number of carbonyl (C=O) groups excluding carboxylic acids is 1. The predicted octanol–water partition coefficient (Wildman–Crippen LogP) is 1.47. The molecule has 0 bridgehead atoms. The molecule has 0 radical (unpaired) electrons. The molecule has 1 aromatic heterocycles. The van der Waals surface area contributed by atoms with Crippen molar-refractivity contribution >= 4 is 23.5 Å². The molecule has 2 rings (SSSR count). The lowest BCUT2D eigenvalue weighted by Crippen LogP contribution is -2.42. The summed E-state index contributed by atoms with van der Waals surface area (Å²) in [7, 11) is 1.50. The van der Waals surface area contributed by atoms with E-state index in [1.165, 1.54) is 22.7 Å². The lowest BCUT2D eigenvalue weighted by molar-refractivity contribution is -0.114. The molecule has 3 N–H and O–H groups in total. The van der Waals surface area contributed by atoms with E-state index < -0.39 is 17.2 Å². The second kappa shape index (κ2) is 9.70. The van der Waals surface area contributed by atoms with Gasteiger partial charge in [0.1, 0.15) is 5.82 Å². The number of ether oxygens (including phenoxy) is 1. The van der Waals surface area contributed by atoms with Crippen molar-refractivity contribution in [2.24, 2.45) is 5.92 Å². The highest BCUT2D eigenvalue weighted by molar-refractivity contribution is 6.05. The molecule has 150 valence electrons. The van der Waals surface area contributed by atoms with Crippen molar-refractivity contribution in [3.63, 3.8) is 0 Å². The standard InChI is InChI=1S/C20H26N4O4/c1-14(2)13-24-18(21)17(19(26)22-20(24)27)23(11-12-28-3)16(25)10-9-15-7-5-4-6-8-15/h4-10,14H,11-13,21H2,1-3H3,(H,22,26,27). The molecule has 28 heavy (non-hydrogen) atoms. The summed E-state index contributed by atoms with van der Waals surface area (Å²) < 4.78 is 6.34. The summed E-state index contributed by atoms with van der Waals surface area (Å²) in [6.07, 6.45) is 3.01. The highest BCUT2D eigenvalue weighted by Crippen LogP contribution is 2.18. The fraction of sp³-hybridized carbons (Fsp3) is 0.350. The first-order valence-electron chi connectivity index (χ1n) is 9.01. The molecule has 0 atom stereocenters. The first-order chi connectivity index (χ1) is 13.3. The summed E-state index contributed by atoms with van der Waals surface area (Å²) in [5, 5.41) is 0. The Labute approximate surface area is 163 Å². The number of anilines is 2. The van der Waals surface area contributed by atoms with Gasteiger partial charge in [-0.3, -0.25) is 24.0 Å². The first kappa shape index (κ1) is 21.2. The van der Waals surface area contributed by atoms with Gasteiger partial charge in [0.2, 0.25) is 0 Å². The Bertz CT molecular complexity index is 945. The van der Waals surface area contributed by atoms with Crippen molar-refractivity contribution in [1.29, 1.82) is 0 Å². The predicted molar refractivity (Wildman–Crippen MR) is 110 cm³/mol. The topological polar surface area (TPSA) is 110 Å². The van der Waals surface area contributed by atoms with Crippen LogP contribution in [0.15, 0.2) is 46.0 Å². The number of rotatable bonds is 8. The second-order valence-electron chi connectivity index (χ2n) is 6.72. The highest BCUT2D eigenvalue weighted by atomic mass is 16.5. The van der Waals surface area contributed by atoms with Crippen LogP contribution in [0.2, 0.25) is 0 Å². The van der Waals surface area contributed by atoms with Crippen molar-refractivity contribution in [2.75, 3.05) is 30.9 Å². The van der Waals surface area contributed by atoms with Crippen molar-refractivity contribution in [2.45, 2.75) is 20.4 Å². The molecule has 0 saturated carbocycles. The van der Waals surface area contributed by atoms with Gasteiger partial charge in [0.15, 0.2) is 5.69 Å². The van der Waals surface area contributed by atoms with E-state index in [2.05, 4.69) is 4.98 Å². The van der Waals surface area contributed by atoms with Gasteiger partial charge in [0.05, 0.1) is 6.61 Å². The number of carbonyl (C=O) groups is 1. The lowest BCUT2D eigenvalue weighted by atomic mass is 10.2. The molecule has 8 nitrogen and oxygen atoms in total. The number of benzene rings is 1. The SMILES string of the molecule is COCCN(C(=O)C=Cc1ccccc1)c1c(N)n(CC(C)C)c(=O)[nH]c1=O. The summed E-state index contributed by atoms with van der Waals surface area (Å²) in [5.41, 5.74) is 5.61. The third-order valence-electron chi connectivity index (χ3n) is 4.03. The molecule has 1 aromatic carbocycles. The van der Waals surface area contributed by atoms with Gasteiger partial charge in [-0.25, -0.2) is 4.79 Å². The van der Waals surface area contributed by atoms with Crippen LogP contribution in [0.1, 0.15) is 19.4 Å². The zero-order chi connectivity index (χ0) is 20.7. The number of H-pyrrole nitrogens is 1. The average molecular weight is 386 g/mol. The van der Waals surface area contributed by atoms with Gasteiger partial charge >= 0.3 is 5.69 Å². The van der Waals surface area contributed by atoms with Gasteiger partial charge in [0, 0.05) is 26.3 Å². The van der Waals surface area contributed by atoms with Crippen molar-refractivity contribution in [3.8, 4) is 0 Å². The molecule has 2 aromatic rings. The lowest BCUT2D eigenvalue weighted by Gasteiger charge is -2.23. The fourth-order valence-corrected chi connectivity index (χ4v) is 2.72. The Balaban J connectivity index is 2.47. The Hall–Kier alpha value is -3.13. The average Bonchev–Trinajstić information content (AvgIpc) is 2.66. The fourth-order valence-electron chi connectivity index (χ4n) is 2.72. The van der Waals surface area contributed by atoms with E-state index in [1.54, 1.807) is 6.08 Å². The van der Waals surface area contributed by atoms with Crippen LogP contribution in [0.4, 0.5) is 11.5 Å². The maximum absolute atomic E-state index is 12.8. The van der Waals surface area contributed by atoms with E-state index in [9.17, 15) is 14.4 Å². The molecular weight excluding hydrogens is 360 g/mol. The number of hydrogen-bond acceptors (Lipinski definition) is 5. The van der Waals surface area contributed by atoms with Crippen molar-refractivity contribution in [3.05, 3.63) is 62.8 Å². The minimum Gasteiger partial charge on any atom is -0.383 e. The van der Waals surface area contributed by atoms with Crippen LogP contribution in [0, 0.1) is 5.92 Å². The van der Waals surface area contributed by atoms with Crippen LogP contribution in [-0.4, -0.2) is 35.7 Å². The number of hydrogen-bond donors (Lipinski definition) is 2. The minimum atomic E-state index is -0.708. The number of methoxy groups -OCH3 is 1. The largest absolute Gasteiger partial charge is 0.383 e. The number of nitrogen functional groups attached to an aromatic ring is 1. The van der Waals surface area contributed by atoms with Gasteiger partial charge in [-0.15, -0.1) is 0 Å². The molecule has 0 saturated heterocycles. The highest BCUT2D eigenvalue weighted by Gasteiger charge is 2.23. The summed E-state index contributed by atoms with van der Waals surface area (Å²) in [6, 6.07) is 9.30. The number of nitrogens with two attached hydrogens (primary N) is 1. The van der Waals surface area contributed by atoms with Crippen LogP contribution in [0.25, 0.3) is 6.08 Å². The monoisotopic (exact) mass is 386 g/mol. The van der Waals surface area contributed by atoms with Crippen LogP contribution < -0.4 is 21.9 Å². The van der Waals surface area contributed by atoms with Gasteiger partial charge < -0.3 is 10.5 Å². The molecule has 0 aliphatic rings. The third-order valence-corrected chi connectivity index (χ3v) is 4.03. The maximum Gasteiger partial charge on any atom is 0.330 e. The number of nitrogens with zero attached hydrogens (tertiary/aromatic N) is 2. The van der Waals surface area contributed by atoms with Crippen LogP contribution in [0.5, 0.6) is 0 Å². The van der Waals surface area contributed by atoms with Gasteiger partial charge in [-0.05, 0) is 17.6 Å². The van der Waals surface area contributed by atoms with E-state index in [0.29, 0.717) is 6.54 Å². The number of aromatic amines is 1. The van der Waals surface area contributed by atoms with Crippen molar-refractivity contribution < 1.29 is 9.53 Å². The molecule has 0 aliphatic heterocycles. The summed E-state index contributed by atoms with van der Waals surface area (Å²) in [4.78, 5) is 40.9. The molecule has 0 spiro atoms. The second-order valence-corrected chi connectivity index (χ2v) is 6.72. The van der Waals surface area contributed by atoms with Crippen LogP contribution in [-0.2, 0) is 16.1 Å². The zero-order valence-electron chi connectivity index (χ0n) is 16.3. The molecule has 0 aliphatic carbocycles. The van der Waals surface area contributed by atoms with E-state index in [1.807, 2.05) is 44.2 Å². The summed E-state index contributed by atoms with van der Waals surface area (Å²) in [5.74, 6) is -0.354. The van der Waals surface area contributed by atoms with E-state index in [4.69, 9.17) is 10.5 Å². The van der Waals surface area contributed by atoms with E-state index >= 15 is 0 Å². The number of aromatic nitrogens is 2. The minimum absolute atomic E-state index is 0.0417. The Kier molecular flexibility index (Phi) is 7.34. The van der Waals surface area contributed by atoms with E-state index in [0.717, 1.165) is 5.56 Å². The van der Waals surface area contributed by atoms with Gasteiger partial charge in [-0.2, -0.15) is 0 Å². The Morgan fingerprint density at radius 1 is 1.29 bits per heavy atom.